The van der Waals surface area contributed by atoms with Gasteiger partial charge in [0.25, 0.3) is 5.91 Å². The second-order valence-electron chi connectivity index (χ2n) is 4.26. The van der Waals surface area contributed by atoms with Crippen LogP contribution in [0.15, 0.2) is 53.0 Å². The highest BCUT2D eigenvalue weighted by molar-refractivity contribution is 14.1. The summed E-state index contributed by atoms with van der Waals surface area (Å²) in [5.74, 6) is -0.0500. The second-order valence-corrected chi connectivity index (χ2v) is 6.42. The number of carbonyl (C=O) groups excluding carboxylic acids is 1. The van der Waals surface area contributed by atoms with Gasteiger partial charge in [-0.15, -0.1) is 0 Å². The first-order valence-corrected chi connectivity index (χ1v) is 7.75. The minimum absolute atomic E-state index is 0.0251. The lowest BCUT2D eigenvalue weighted by Crippen LogP contribution is -2.26. The zero-order chi connectivity index (χ0) is 13.8. The van der Waals surface area contributed by atoms with Gasteiger partial charge in [0.2, 0.25) is 0 Å². The van der Waals surface area contributed by atoms with Crippen molar-refractivity contribution in [2.75, 3.05) is 0 Å². The molecule has 1 N–H and O–H groups in total. The Bertz CT molecular complexity index is 600. The molecule has 0 spiro atoms. The average Bonchev–Trinajstić information content (AvgIpc) is 2.38. The second kappa shape index (κ2) is 6.52. The van der Waals surface area contributed by atoms with Crippen molar-refractivity contribution in [2.45, 2.75) is 13.0 Å². The molecule has 4 heteroatoms. The SMILES string of the molecule is CC(NC(=O)c1cccc(I)c1)c1cccc(Br)c1. The fraction of sp³-hybridized carbons (Fsp3) is 0.133. The maximum atomic E-state index is 12.1. The van der Waals surface area contributed by atoms with Crippen LogP contribution in [0.1, 0.15) is 28.9 Å². The molecule has 1 atom stereocenters. The van der Waals surface area contributed by atoms with Crippen LogP contribution in [0, 0.1) is 3.57 Å². The maximum absolute atomic E-state index is 12.1. The van der Waals surface area contributed by atoms with Crippen LogP contribution in [0.3, 0.4) is 0 Å². The van der Waals surface area contributed by atoms with Crippen molar-refractivity contribution in [2.24, 2.45) is 0 Å². The molecule has 0 aliphatic heterocycles. The molecule has 0 radical (unpaired) electrons. The van der Waals surface area contributed by atoms with Gasteiger partial charge >= 0.3 is 0 Å². The molecule has 0 fully saturated rings. The topological polar surface area (TPSA) is 29.1 Å². The van der Waals surface area contributed by atoms with Crippen molar-refractivity contribution in [3.63, 3.8) is 0 Å². The summed E-state index contributed by atoms with van der Waals surface area (Å²) in [4.78, 5) is 12.1. The van der Waals surface area contributed by atoms with E-state index in [9.17, 15) is 4.79 Å². The van der Waals surface area contributed by atoms with Crippen LogP contribution >= 0.6 is 38.5 Å². The summed E-state index contributed by atoms with van der Waals surface area (Å²) < 4.78 is 2.07. The summed E-state index contributed by atoms with van der Waals surface area (Å²) in [5.41, 5.74) is 1.77. The molecule has 0 aliphatic carbocycles. The molecule has 19 heavy (non-hydrogen) atoms. The van der Waals surface area contributed by atoms with Gasteiger partial charge in [-0.3, -0.25) is 4.79 Å². The van der Waals surface area contributed by atoms with Crippen molar-refractivity contribution < 1.29 is 4.79 Å². The monoisotopic (exact) mass is 429 g/mol. The lowest BCUT2D eigenvalue weighted by molar-refractivity contribution is 0.0940. The van der Waals surface area contributed by atoms with Gasteiger partial charge in [0, 0.05) is 13.6 Å². The third-order valence-corrected chi connectivity index (χ3v) is 3.95. The number of amides is 1. The normalized spacial score (nSPS) is 11.9. The predicted molar refractivity (Wildman–Crippen MR) is 89.2 cm³/mol. The van der Waals surface area contributed by atoms with Crippen molar-refractivity contribution in [3.05, 3.63) is 67.7 Å². The molecule has 2 aromatic carbocycles. The Morgan fingerprint density at radius 3 is 2.63 bits per heavy atom. The van der Waals surface area contributed by atoms with Gasteiger partial charge in [0.1, 0.15) is 0 Å². The lowest BCUT2D eigenvalue weighted by Gasteiger charge is -2.14. The van der Waals surface area contributed by atoms with E-state index in [-0.39, 0.29) is 11.9 Å². The van der Waals surface area contributed by atoms with Crippen LogP contribution < -0.4 is 5.32 Å². The quantitative estimate of drug-likeness (QED) is 0.712. The van der Waals surface area contributed by atoms with E-state index in [1.807, 2.05) is 55.5 Å². The molecular weight excluding hydrogens is 417 g/mol. The van der Waals surface area contributed by atoms with Crippen LogP contribution in [0.2, 0.25) is 0 Å². The van der Waals surface area contributed by atoms with Crippen molar-refractivity contribution >= 4 is 44.4 Å². The van der Waals surface area contributed by atoms with Gasteiger partial charge in [-0.25, -0.2) is 0 Å². The zero-order valence-corrected chi connectivity index (χ0v) is 14.1. The van der Waals surface area contributed by atoms with Crippen LogP contribution in [0.25, 0.3) is 0 Å². The summed E-state index contributed by atoms with van der Waals surface area (Å²) in [5, 5.41) is 3.00. The van der Waals surface area contributed by atoms with Gasteiger partial charge in [-0.1, -0.05) is 34.1 Å². The van der Waals surface area contributed by atoms with Crippen LogP contribution in [-0.2, 0) is 0 Å². The van der Waals surface area contributed by atoms with E-state index in [0.29, 0.717) is 5.56 Å². The summed E-state index contributed by atoms with van der Waals surface area (Å²) in [7, 11) is 0. The molecule has 2 nitrogen and oxygen atoms in total. The minimum Gasteiger partial charge on any atom is -0.346 e. The van der Waals surface area contributed by atoms with Crippen LogP contribution in [0.5, 0.6) is 0 Å². The first kappa shape index (κ1) is 14.5. The Morgan fingerprint density at radius 1 is 1.21 bits per heavy atom. The van der Waals surface area contributed by atoms with Crippen LogP contribution in [0.4, 0.5) is 0 Å². The molecule has 1 unspecified atom stereocenters. The van der Waals surface area contributed by atoms with Gasteiger partial charge in [-0.05, 0) is 65.4 Å². The largest absolute Gasteiger partial charge is 0.346 e. The predicted octanol–water partition coefficient (Wildman–Crippen LogP) is 4.54. The summed E-state index contributed by atoms with van der Waals surface area (Å²) in [6.07, 6.45) is 0. The molecule has 0 aromatic heterocycles. The number of halogens is 2. The number of hydrogen-bond donors (Lipinski definition) is 1. The molecule has 2 rings (SSSR count). The third kappa shape index (κ3) is 4.04. The first-order chi connectivity index (χ1) is 9.06. The Labute approximate surface area is 134 Å². The standard InChI is InChI=1S/C15H13BrINO/c1-10(11-4-2-6-13(16)8-11)18-15(19)12-5-3-7-14(17)9-12/h2-10H,1H3,(H,18,19). The number of nitrogens with one attached hydrogen (secondary N) is 1. The number of carbonyl (C=O) groups is 1. The molecule has 2 aromatic rings. The Hall–Kier alpha value is -0.880. The average molecular weight is 430 g/mol. The fourth-order valence-electron chi connectivity index (χ4n) is 1.77. The van der Waals surface area contributed by atoms with Gasteiger partial charge in [-0.2, -0.15) is 0 Å². The smallest absolute Gasteiger partial charge is 0.251 e. The first-order valence-electron chi connectivity index (χ1n) is 5.88. The Morgan fingerprint density at radius 2 is 1.95 bits per heavy atom. The minimum atomic E-state index is -0.0500. The highest BCUT2D eigenvalue weighted by atomic mass is 127. The number of benzene rings is 2. The van der Waals surface area contributed by atoms with Gasteiger partial charge in [0.05, 0.1) is 6.04 Å². The molecule has 0 saturated carbocycles. The number of hydrogen-bond acceptors (Lipinski definition) is 1. The van der Waals surface area contributed by atoms with Crippen molar-refractivity contribution in [3.8, 4) is 0 Å². The molecule has 1 amide bonds. The molecule has 0 heterocycles. The Balaban J connectivity index is 2.11. The van der Waals surface area contributed by atoms with E-state index >= 15 is 0 Å². The number of rotatable bonds is 3. The molecular formula is C15H13BrINO. The van der Waals surface area contributed by atoms with E-state index in [4.69, 9.17) is 0 Å². The van der Waals surface area contributed by atoms with Gasteiger partial charge < -0.3 is 5.32 Å². The molecule has 0 aliphatic rings. The van der Waals surface area contributed by atoms with Crippen molar-refractivity contribution in [1.82, 2.24) is 5.32 Å². The van der Waals surface area contributed by atoms with Crippen molar-refractivity contribution in [1.29, 1.82) is 0 Å². The Kier molecular flexibility index (Phi) is 4.99. The highest BCUT2D eigenvalue weighted by Gasteiger charge is 2.11. The van der Waals surface area contributed by atoms with Crippen LogP contribution in [-0.4, -0.2) is 5.91 Å². The maximum Gasteiger partial charge on any atom is 0.251 e. The van der Waals surface area contributed by atoms with Gasteiger partial charge in [0.15, 0.2) is 0 Å². The molecule has 98 valence electrons. The summed E-state index contributed by atoms with van der Waals surface area (Å²) in [6.45, 7) is 1.98. The van der Waals surface area contributed by atoms with E-state index in [0.717, 1.165) is 13.6 Å². The summed E-state index contributed by atoms with van der Waals surface area (Å²) in [6, 6.07) is 15.5. The third-order valence-electron chi connectivity index (χ3n) is 2.78. The molecule has 0 bridgehead atoms. The van der Waals surface area contributed by atoms with E-state index in [1.165, 1.54) is 0 Å². The van der Waals surface area contributed by atoms with E-state index in [1.54, 1.807) is 0 Å². The lowest BCUT2D eigenvalue weighted by atomic mass is 10.1. The summed E-state index contributed by atoms with van der Waals surface area (Å²) >= 11 is 5.64. The zero-order valence-electron chi connectivity index (χ0n) is 10.4. The highest BCUT2D eigenvalue weighted by Crippen LogP contribution is 2.18. The van der Waals surface area contributed by atoms with E-state index in [2.05, 4.69) is 43.8 Å². The fourth-order valence-corrected chi connectivity index (χ4v) is 2.73. The van der Waals surface area contributed by atoms with E-state index < -0.39 is 0 Å². The molecule has 0 saturated heterocycles.